The van der Waals surface area contributed by atoms with Gasteiger partial charge in [0.2, 0.25) is 0 Å². The molecule has 1 saturated carbocycles. The Labute approximate surface area is 128 Å². The maximum atomic E-state index is 12.3. The normalized spacial score (nSPS) is 23.3. The molecular formula is C14H29N3O3S. The van der Waals surface area contributed by atoms with Crippen LogP contribution in [0.15, 0.2) is 0 Å². The van der Waals surface area contributed by atoms with Gasteiger partial charge in [-0.15, -0.1) is 0 Å². The Hall–Kier alpha value is -0.210. The summed E-state index contributed by atoms with van der Waals surface area (Å²) >= 11 is 0. The van der Waals surface area contributed by atoms with E-state index in [0.29, 0.717) is 32.2 Å². The zero-order valence-electron chi connectivity index (χ0n) is 13.2. The lowest BCUT2D eigenvalue weighted by Gasteiger charge is -2.32. The lowest BCUT2D eigenvalue weighted by molar-refractivity contribution is 0.132. The fourth-order valence-electron chi connectivity index (χ4n) is 2.63. The van der Waals surface area contributed by atoms with Crippen molar-refractivity contribution in [1.29, 1.82) is 0 Å². The quantitative estimate of drug-likeness (QED) is 0.657. The standard InChI is InChI=1S/C14H29N3O3S/c1-3-20-11-12(2)16-21(18,19)17-8-6-13(7-9-17)10-15-14-4-5-14/h12-16H,3-11H2,1-2H3. The van der Waals surface area contributed by atoms with E-state index < -0.39 is 10.2 Å². The summed E-state index contributed by atoms with van der Waals surface area (Å²) in [5, 5.41) is 3.54. The predicted octanol–water partition coefficient (Wildman–Crippen LogP) is 0.710. The number of rotatable bonds is 9. The van der Waals surface area contributed by atoms with Crippen molar-refractivity contribution >= 4 is 10.2 Å². The maximum Gasteiger partial charge on any atom is 0.279 e. The fraction of sp³-hybridized carbons (Fsp3) is 1.00. The Balaban J connectivity index is 1.71. The maximum absolute atomic E-state index is 12.3. The molecule has 1 atom stereocenters. The second-order valence-electron chi connectivity index (χ2n) is 6.21. The van der Waals surface area contributed by atoms with E-state index in [1.54, 1.807) is 4.31 Å². The second kappa shape index (κ2) is 7.87. The second-order valence-corrected chi connectivity index (χ2v) is 7.91. The van der Waals surface area contributed by atoms with E-state index in [9.17, 15) is 8.42 Å². The van der Waals surface area contributed by atoms with Gasteiger partial charge in [-0.05, 0) is 52.0 Å². The molecule has 0 aromatic carbocycles. The molecule has 124 valence electrons. The van der Waals surface area contributed by atoms with E-state index in [4.69, 9.17) is 4.74 Å². The summed E-state index contributed by atoms with van der Waals surface area (Å²) in [5.41, 5.74) is 0. The topological polar surface area (TPSA) is 70.7 Å². The highest BCUT2D eigenvalue weighted by molar-refractivity contribution is 7.87. The summed E-state index contributed by atoms with van der Waals surface area (Å²) in [4.78, 5) is 0. The molecule has 0 radical (unpaired) electrons. The summed E-state index contributed by atoms with van der Waals surface area (Å²) in [6.07, 6.45) is 4.49. The molecule has 0 aromatic rings. The molecule has 1 unspecified atom stereocenters. The molecule has 1 heterocycles. The molecule has 0 bridgehead atoms. The van der Waals surface area contributed by atoms with Crippen LogP contribution >= 0.6 is 0 Å². The van der Waals surface area contributed by atoms with Gasteiger partial charge in [0.25, 0.3) is 10.2 Å². The van der Waals surface area contributed by atoms with Crippen LogP contribution in [0, 0.1) is 5.92 Å². The average molecular weight is 319 g/mol. The number of hydrogen-bond acceptors (Lipinski definition) is 4. The van der Waals surface area contributed by atoms with Crippen LogP contribution in [0.25, 0.3) is 0 Å². The van der Waals surface area contributed by atoms with Crippen molar-refractivity contribution in [2.24, 2.45) is 5.92 Å². The van der Waals surface area contributed by atoms with Crippen molar-refractivity contribution in [2.45, 2.75) is 51.6 Å². The van der Waals surface area contributed by atoms with Crippen LogP contribution in [0.2, 0.25) is 0 Å². The van der Waals surface area contributed by atoms with E-state index in [-0.39, 0.29) is 6.04 Å². The molecule has 0 spiro atoms. The van der Waals surface area contributed by atoms with Crippen molar-refractivity contribution in [2.75, 3.05) is 32.8 Å². The highest BCUT2D eigenvalue weighted by Gasteiger charge is 2.30. The summed E-state index contributed by atoms with van der Waals surface area (Å²) in [6, 6.07) is 0.539. The van der Waals surface area contributed by atoms with E-state index in [2.05, 4.69) is 10.0 Å². The highest BCUT2D eigenvalue weighted by Crippen LogP contribution is 2.22. The molecule has 0 amide bonds. The summed E-state index contributed by atoms with van der Waals surface area (Å²) in [7, 11) is -3.37. The van der Waals surface area contributed by atoms with Gasteiger partial charge in [-0.2, -0.15) is 17.4 Å². The van der Waals surface area contributed by atoms with E-state index in [1.807, 2.05) is 13.8 Å². The van der Waals surface area contributed by atoms with Gasteiger partial charge in [0, 0.05) is 31.8 Å². The first kappa shape index (κ1) is 17.1. The minimum Gasteiger partial charge on any atom is -0.380 e. The summed E-state index contributed by atoms with van der Waals surface area (Å²) in [5.74, 6) is 0.609. The number of ether oxygens (including phenoxy) is 1. The highest BCUT2D eigenvalue weighted by atomic mass is 32.2. The fourth-order valence-corrected chi connectivity index (χ4v) is 4.05. The first-order valence-corrected chi connectivity index (χ1v) is 9.53. The first-order chi connectivity index (χ1) is 10.0. The summed E-state index contributed by atoms with van der Waals surface area (Å²) in [6.45, 7) is 7.03. The lowest BCUT2D eigenvalue weighted by atomic mass is 9.98. The van der Waals surface area contributed by atoms with Gasteiger partial charge >= 0.3 is 0 Å². The molecule has 2 rings (SSSR count). The summed E-state index contributed by atoms with van der Waals surface area (Å²) < 4.78 is 34.1. The third-order valence-corrected chi connectivity index (χ3v) is 5.85. The molecule has 2 aliphatic rings. The minimum absolute atomic E-state index is 0.191. The number of nitrogens with zero attached hydrogens (tertiary/aromatic N) is 1. The van der Waals surface area contributed by atoms with Gasteiger partial charge in [-0.25, -0.2) is 0 Å². The van der Waals surface area contributed by atoms with Crippen LogP contribution in [0.1, 0.15) is 39.5 Å². The molecule has 2 N–H and O–H groups in total. The van der Waals surface area contributed by atoms with Crippen molar-refractivity contribution < 1.29 is 13.2 Å². The van der Waals surface area contributed by atoms with Crippen molar-refractivity contribution in [1.82, 2.24) is 14.3 Å². The Kier molecular flexibility index (Phi) is 6.43. The van der Waals surface area contributed by atoms with Crippen LogP contribution < -0.4 is 10.0 Å². The molecule has 6 nitrogen and oxygen atoms in total. The molecule has 7 heteroatoms. The van der Waals surface area contributed by atoms with Gasteiger partial charge in [-0.1, -0.05) is 0 Å². The minimum atomic E-state index is -3.37. The van der Waals surface area contributed by atoms with E-state index in [0.717, 1.165) is 25.4 Å². The number of piperidine rings is 1. The molecule has 1 aliphatic heterocycles. The van der Waals surface area contributed by atoms with Gasteiger partial charge in [-0.3, -0.25) is 0 Å². The SMILES string of the molecule is CCOCC(C)NS(=O)(=O)N1CCC(CNC2CC2)CC1. The number of hydrogen-bond donors (Lipinski definition) is 2. The molecule has 2 fully saturated rings. The average Bonchev–Trinajstić information content (AvgIpc) is 3.27. The zero-order valence-corrected chi connectivity index (χ0v) is 14.0. The smallest absolute Gasteiger partial charge is 0.279 e. The van der Waals surface area contributed by atoms with Crippen molar-refractivity contribution in [3.8, 4) is 0 Å². The third kappa shape index (κ3) is 5.83. The van der Waals surface area contributed by atoms with Crippen molar-refractivity contribution in [3.05, 3.63) is 0 Å². The molecule has 1 aliphatic carbocycles. The Morgan fingerprint density at radius 3 is 2.48 bits per heavy atom. The van der Waals surface area contributed by atoms with Crippen LogP contribution in [-0.2, 0) is 14.9 Å². The number of nitrogens with one attached hydrogen (secondary N) is 2. The first-order valence-electron chi connectivity index (χ1n) is 8.09. The van der Waals surface area contributed by atoms with Gasteiger partial charge in [0.1, 0.15) is 0 Å². The largest absolute Gasteiger partial charge is 0.380 e. The molecule has 21 heavy (non-hydrogen) atoms. The lowest BCUT2D eigenvalue weighted by Crippen LogP contribution is -2.49. The van der Waals surface area contributed by atoms with Gasteiger partial charge in [0.15, 0.2) is 0 Å². The zero-order chi connectivity index (χ0) is 15.3. The van der Waals surface area contributed by atoms with Crippen LogP contribution in [-0.4, -0.2) is 57.7 Å². The Morgan fingerprint density at radius 2 is 1.90 bits per heavy atom. The van der Waals surface area contributed by atoms with E-state index >= 15 is 0 Å². The van der Waals surface area contributed by atoms with Crippen LogP contribution in [0.4, 0.5) is 0 Å². The van der Waals surface area contributed by atoms with Gasteiger partial charge in [0.05, 0.1) is 6.61 Å². The van der Waals surface area contributed by atoms with Crippen LogP contribution in [0.3, 0.4) is 0 Å². The molecule has 0 aromatic heterocycles. The third-order valence-electron chi connectivity index (χ3n) is 4.11. The Morgan fingerprint density at radius 1 is 1.24 bits per heavy atom. The predicted molar refractivity (Wildman–Crippen MR) is 83.3 cm³/mol. The monoisotopic (exact) mass is 319 g/mol. The van der Waals surface area contributed by atoms with Crippen LogP contribution in [0.5, 0.6) is 0 Å². The Bertz CT molecular complexity index is 404. The van der Waals surface area contributed by atoms with Gasteiger partial charge < -0.3 is 10.1 Å². The molecular weight excluding hydrogens is 290 g/mol. The molecule has 1 saturated heterocycles. The van der Waals surface area contributed by atoms with E-state index in [1.165, 1.54) is 12.8 Å². The van der Waals surface area contributed by atoms with Crippen molar-refractivity contribution in [3.63, 3.8) is 0 Å².